The van der Waals surface area contributed by atoms with Crippen LogP contribution in [-0.4, -0.2) is 88.5 Å². The second-order valence-electron chi connectivity index (χ2n) is 15.0. The number of carbonyl (C=O) groups excluding carboxylic acids is 1. The average molecular weight is 679 g/mol. The number of nitrogens with one attached hydrogen (secondary N) is 1. The van der Waals surface area contributed by atoms with Gasteiger partial charge in [0, 0.05) is 82.1 Å². The molecule has 50 heavy (non-hydrogen) atoms. The zero-order chi connectivity index (χ0) is 34.7. The van der Waals surface area contributed by atoms with Crippen molar-refractivity contribution >= 4 is 28.9 Å². The van der Waals surface area contributed by atoms with Crippen molar-refractivity contribution in [3.63, 3.8) is 0 Å². The van der Waals surface area contributed by atoms with E-state index in [4.69, 9.17) is 19.4 Å². The van der Waals surface area contributed by atoms with E-state index in [1.54, 1.807) is 29.8 Å². The molecule has 0 radical (unpaired) electrons. The van der Waals surface area contributed by atoms with Crippen LogP contribution in [0.1, 0.15) is 48.1 Å². The number of hydrogen-bond donors (Lipinski definition) is 1. The van der Waals surface area contributed by atoms with Crippen molar-refractivity contribution in [2.24, 2.45) is 12.5 Å². The highest BCUT2D eigenvalue weighted by Gasteiger charge is 2.38. The number of anilines is 4. The van der Waals surface area contributed by atoms with Gasteiger partial charge in [-0.05, 0) is 66.6 Å². The van der Waals surface area contributed by atoms with Crippen LogP contribution in [0.2, 0.25) is 0 Å². The summed E-state index contributed by atoms with van der Waals surface area (Å²) in [5.41, 5.74) is 7.25. The monoisotopic (exact) mass is 678 g/mol. The lowest BCUT2D eigenvalue weighted by molar-refractivity contribution is -0.0691. The Bertz CT molecular complexity index is 2000. The highest BCUT2D eigenvalue weighted by Crippen LogP contribution is 2.40. The van der Waals surface area contributed by atoms with Gasteiger partial charge in [-0.2, -0.15) is 0 Å². The molecule has 7 heterocycles. The molecule has 0 saturated carbocycles. The second-order valence-corrected chi connectivity index (χ2v) is 15.0. The number of fused-ring (bicyclic) bond motifs is 3. The number of hydrogen-bond acceptors (Lipinski definition) is 9. The largest absolute Gasteiger partial charge is 0.380 e. The Balaban J connectivity index is 1.05. The fourth-order valence-corrected chi connectivity index (χ4v) is 8.24. The van der Waals surface area contributed by atoms with Gasteiger partial charge in [-0.15, -0.1) is 0 Å². The summed E-state index contributed by atoms with van der Waals surface area (Å²) in [6.07, 6.45) is 7.38. The first-order valence-electron chi connectivity index (χ1n) is 17.6. The van der Waals surface area contributed by atoms with Crippen LogP contribution in [0.3, 0.4) is 0 Å². The van der Waals surface area contributed by atoms with E-state index in [1.807, 2.05) is 30.6 Å². The molecule has 1 N–H and O–H groups in total. The molecular formula is C38H46N8O4. The number of nitrogens with zero attached hydrogens (tertiary/aromatic N) is 7. The molecule has 8 rings (SSSR count). The van der Waals surface area contributed by atoms with Crippen LogP contribution in [0, 0.1) is 5.41 Å². The van der Waals surface area contributed by atoms with Gasteiger partial charge < -0.3 is 28.8 Å². The maximum absolute atomic E-state index is 14.0. The Morgan fingerprint density at radius 2 is 1.88 bits per heavy atom. The van der Waals surface area contributed by atoms with E-state index in [-0.39, 0.29) is 23.5 Å². The fraction of sp³-hybridized carbons (Fsp3) is 0.474. The Labute approximate surface area is 292 Å². The maximum Gasteiger partial charge on any atom is 0.276 e. The molecule has 1 aliphatic carbocycles. The predicted molar refractivity (Wildman–Crippen MR) is 193 cm³/mol. The molecule has 4 aromatic rings. The Hall–Kier alpha value is -4.52. The van der Waals surface area contributed by atoms with E-state index < -0.39 is 0 Å². The Kier molecular flexibility index (Phi) is 8.28. The smallest absolute Gasteiger partial charge is 0.276 e. The summed E-state index contributed by atoms with van der Waals surface area (Å²) in [6, 6.07) is 10.7. The van der Waals surface area contributed by atoms with Crippen molar-refractivity contribution in [1.82, 2.24) is 24.0 Å². The summed E-state index contributed by atoms with van der Waals surface area (Å²) in [5, 5.41) is 3.27. The summed E-state index contributed by atoms with van der Waals surface area (Å²) in [4.78, 5) is 43.5. The SMILES string of the molecule is COCc1c(-c2cc(Nc3ccc(N4CCN(C5COC5)C[C@@H]4C)cn3)c(=O)n(C)c2)ccnc1N1CCn2c(cc3c2CC(C)(C)C3)C1=O. The van der Waals surface area contributed by atoms with E-state index in [1.165, 1.54) is 11.3 Å². The molecule has 12 nitrogen and oxygen atoms in total. The minimum Gasteiger partial charge on any atom is -0.380 e. The molecule has 2 fully saturated rings. The van der Waals surface area contributed by atoms with Crippen LogP contribution in [0.15, 0.2) is 53.7 Å². The number of methoxy groups -OCH3 is 1. The number of rotatable bonds is 8. The standard InChI is InChI=1S/C38H46N8O4/c1-24-19-43(28-21-50-22-28)10-11-44(24)27-6-7-34(40-18-27)41-31-14-26(20-42(4)36(31)47)29-8-9-39-35(30(29)23-49-5)46-13-12-45-32(37(46)48)15-25-16-38(2,3)17-33(25)45/h6-9,14-15,18,20,24,28H,10-13,16-17,19,21-23H2,1-5H3,(H,40,41)/t24-/m0/s1. The van der Waals surface area contributed by atoms with Crippen molar-refractivity contribution in [1.29, 1.82) is 0 Å². The third kappa shape index (κ3) is 5.78. The molecule has 12 heteroatoms. The van der Waals surface area contributed by atoms with E-state index in [2.05, 4.69) is 52.6 Å². The molecular weight excluding hydrogens is 632 g/mol. The first-order chi connectivity index (χ1) is 24.1. The zero-order valence-electron chi connectivity index (χ0n) is 29.6. The van der Waals surface area contributed by atoms with E-state index in [9.17, 15) is 9.59 Å². The van der Waals surface area contributed by atoms with Crippen molar-refractivity contribution < 1.29 is 14.3 Å². The van der Waals surface area contributed by atoms with Gasteiger partial charge in [-0.3, -0.25) is 19.4 Å². The van der Waals surface area contributed by atoms with Gasteiger partial charge in [-0.25, -0.2) is 9.97 Å². The molecule has 0 spiro atoms. The molecule has 1 amide bonds. The number of aromatic nitrogens is 4. The predicted octanol–water partition coefficient (Wildman–Crippen LogP) is 4.23. The number of pyridine rings is 3. The minimum absolute atomic E-state index is 0.0490. The Morgan fingerprint density at radius 1 is 1.04 bits per heavy atom. The van der Waals surface area contributed by atoms with Crippen LogP contribution in [0.5, 0.6) is 0 Å². The number of carbonyl (C=O) groups is 1. The van der Waals surface area contributed by atoms with E-state index in [0.717, 1.165) is 80.3 Å². The number of ether oxygens (including phenoxy) is 2. The molecule has 0 aromatic carbocycles. The summed E-state index contributed by atoms with van der Waals surface area (Å²) in [5.74, 6) is 1.12. The van der Waals surface area contributed by atoms with Crippen LogP contribution in [0.25, 0.3) is 11.1 Å². The first kappa shape index (κ1) is 32.7. The zero-order valence-corrected chi connectivity index (χ0v) is 29.6. The lowest BCUT2D eigenvalue weighted by Crippen LogP contribution is -2.59. The number of amides is 1. The van der Waals surface area contributed by atoms with Gasteiger partial charge in [0.05, 0.1) is 37.7 Å². The molecule has 4 aromatic heterocycles. The summed E-state index contributed by atoms with van der Waals surface area (Å²) in [7, 11) is 3.38. The second kappa shape index (κ2) is 12.7. The van der Waals surface area contributed by atoms with Gasteiger partial charge in [-0.1, -0.05) is 13.8 Å². The first-order valence-corrected chi connectivity index (χ1v) is 17.6. The molecule has 0 bridgehead atoms. The normalized spacial score (nSPS) is 20.5. The van der Waals surface area contributed by atoms with Crippen molar-refractivity contribution in [2.75, 3.05) is 61.6 Å². The van der Waals surface area contributed by atoms with Gasteiger partial charge >= 0.3 is 0 Å². The van der Waals surface area contributed by atoms with Gasteiger partial charge in [0.1, 0.15) is 23.0 Å². The van der Waals surface area contributed by atoms with E-state index >= 15 is 0 Å². The van der Waals surface area contributed by atoms with Crippen LogP contribution < -0.4 is 20.7 Å². The third-order valence-electron chi connectivity index (χ3n) is 10.8. The summed E-state index contributed by atoms with van der Waals surface area (Å²) in [6.45, 7) is 12.9. The van der Waals surface area contributed by atoms with Crippen molar-refractivity contribution in [2.45, 2.75) is 58.8 Å². The summed E-state index contributed by atoms with van der Waals surface area (Å²) < 4.78 is 14.9. The highest BCUT2D eigenvalue weighted by atomic mass is 16.5. The van der Waals surface area contributed by atoms with Gasteiger partial charge in [0.25, 0.3) is 11.5 Å². The van der Waals surface area contributed by atoms with Crippen molar-refractivity contribution in [3.8, 4) is 11.1 Å². The summed E-state index contributed by atoms with van der Waals surface area (Å²) >= 11 is 0. The number of aryl methyl sites for hydroxylation is 1. The highest BCUT2D eigenvalue weighted by molar-refractivity contribution is 6.06. The average Bonchev–Trinajstić information content (AvgIpc) is 3.55. The molecule has 4 aliphatic rings. The number of piperazine rings is 1. The van der Waals surface area contributed by atoms with Gasteiger partial charge in [0.2, 0.25) is 0 Å². The van der Waals surface area contributed by atoms with Gasteiger partial charge in [0.15, 0.2) is 0 Å². The van der Waals surface area contributed by atoms with Crippen LogP contribution >= 0.6 is 0 Å². The lowest BCUT2D eigenvalue weighted by Gasteiger charge is -2.46. The quantitative estimate of drug-likeness (QED) is 0.293. The fourth-order valence-electron chi connectivity index (χ4n) is 8.24. The Morgan fingerprint density at radius 3 is 2.60 bits per heavy atom. The molecule has 3 aliphatic heterocycles. The maximum atomic E-state index is 14.0. The minimum atomic E-state index is -0.171. The van der Waals surface area contributed by atoms with Crippen LogP contribution in [-0.2, 0) is 42.5 Å². The van der Waals surface area contributed by atoms with Crippen molar-refractivity contribution in [3.05, 3.63) is 81.8 Å². The topological polar surface area (TPSA) is 110 Å². The molecule has 0 unspecified atom stereocenters. The molecule has 2 saturated heterocycles. The lowest BCUT2D eigenvalue weighted by atomic mass is 9.90. The molecule has 1 atom stereocenters. The molecule has 262 valence electrons. The third-order valence-corrected chi connectivity index (χ3v) is 10.8. The van der Waals surface area contributed by atoms with Crippen LogP contribution in [0.4, 0.5) is 23.0 Å². The van der Waals surface area contributed by atoms with E-state index in [0.29, 0.717) is 36.0 Å².